The molecule has 0 spiro atoms. The molecule has 0 saturated carbocycles. The van der Waals surface area contributed by atoms with Gasteiger partial charge in [-0.3, -0.25) is 0 Å². The van der Waals surface area contributed by atoms with Gasteiger partial charge in [0.2, 0.25) is 0 Å². The third kappa shape index (κ3) is 1.47. The van der Waals surface area contributed by atoms with Crippen molar-refractivity contribution < 1.29 is 4.74 Å². The third-order valence-corrected chi connectivity index (χ3v) is 2.34. The second-order valence-electron chi connectivity index (χ2n) is 3.00. The van der Waals surface area contributed by atoms with Gasteiger partial charge in [-0.25, -0.2) is 9.50 Å². The predicted octanol–water partition coefficient (Wildman–Crippen LogP) is 2.09. The summed E-state index contributed by atoms with van der Waals surface area (Å²) in [4.78, 5) is 4.17. The Labute approximate surface area is 86.5 Å². The minimum atomic E-state index is -0.0148. The van der Waals surface area contributed by atoms with Crippen LogP contribution in [0.25, 0.3) is 5.65 Å². The lowest BCUT2D eigenvalue weighted by atomic mass is 10.2. The molecule has 0 radical (unpaired) electrons. The van der Waals surface area contributed by atoms with Crippen molar-refractivity contribution in [2.45, 2.75) is 13.0 Å². The quantitative estimate of drug-likeness (QED) is 0.764. The van der Waals surface area contributed by atoms with Crippen molar-refractivity contribution in [1.29, 1.82) is 0 Å². The molecule has 0 N–H and O–H groups in total. The summed E-state index contributed by atoms with van der Waals surface area (Å²) >= 11 is 5.79. The van der Waals surface area contributed by atoms with Crippen LogP contribution in [-0.2, 0) is 4.74 Å². The first-order chi connectivity index (χ1) is 6.72. The van der Waals surface area contributed by atoms with Crippen LogP contribution < -0.4 is 0 Å². The smallest absolute Gasteiger partial charge is 0.161 e. The SMILES string of the molecule is CO[C@@H](C)c1ccnn2cc(Cl)nc12. The number of hydrogen-bond acceptors (Lipinski definition) is 3. The summed E-state index contributed by atoms with van der Waals surface area (Å²) in [6, 6.07) is 1.88. The van der Waals surface area contributed by atoms with Crippen molar-refractivity contribution >= 4 is 17.2 Å². The van der Waals surface area contributed by atoms with Gasteiger partial charge in [0.25, 0.3) is 0 Å². The average Bonchev–Trinajstić information content (AvgIpc) is 2.56. The van der Waals surface area contributed by atoms with E-state index >= 15 is 0 Å². The summed E-state index contributed by atoms with van der Waals surface area (Å²) in [5.41, 5.74) is 1.72. The van der Waals surface area contributed by atoms with Crippen LogP contribution in [0.3, 0.4) is 0 Å². The maximum atomic E-state index is 5.79. The maximum Gasteiger partial charge on any atom is 0.161 e. The second-order valence-corrected chi connectivity index (χ2v) is 3.38. The minimum Gasteiger partial charge on any atom is -0.377 e. The van der Waals surface area contributed by atoms with Gasteiger partial charge in [-0.05, 0) is 13.0 Å². The molecule has 5 heteroatoms. The number of rotatable bonds is 2. The Balaban J connectivity index is 2.64. The highest BCUT2D eigenvalue weighted by atomic mass is 35.5. The lowest BCUT2D eigenvalue weighted by Gasteiger charge is -2.09. The fourth-order valence-corrected chi connectivity index (χ4v) is 1.50. The number of methoxy groups -OCH3 is 1. The molecule has 0 aromatic carbocycles. The van der Waals surface area contributed by atoms with E-state index in [0.29, 0.717) is 5.15 Å². The topological polar surface area (TPSA) is 39.4 Å². The Morgan fingerprint density at radius 3 is 3.07 bits per heavy atom. The van der Waals surface area contributed by atoms with Crippen LogP contribution in [0.1, 0.15) is 18.6 Å². The van der Waals surface area contributed by atoms with Gasteiger partial charge in [-0.2, -0.15) is 5.10 Å². The van der Waals surface area contributed by atoms with Gasteiger partial charge in [-0.1, -0.05) is 11.6 Å². The molecule has 0 aliphatic heterocycles. The molecule has 0 bridgehead atoms. The zero-order valence-electron chi connectivity index (χ0n) is 7.94. The highest BCUT2D eigenvalue weighted by Gasteiger charge is 2.11. The Morgan fingerprint density at radius 2 is 2.36 bits per heavy atom. The first-order valence-corrected chi connectivity index (χ1v) is 4.62. The van der Waals surface area contributed by atoms with Gasteiger partial charge in [0.05, 0.1) is 12.3 Å². The van der Waals surface area contributed by atoms with Crippen LogP contribution >= 0.6 is 11.6 Å². The number of imidazole rings is 1. The van der Waals surface area contributed by atoms with E-state index in [1.165, 1.54) is 0 Å². The molecule has 0 saturated heterocycles. The molecule has 0 aliphatic carbocycles. The summed E-state index contributed by atoms with van der Waals surface area (Å²) < 4.78 is 6.88. The number of nitrogens with zero attached hydrogens (tertiary/aromatic N) is 3. The molecule has 74 valence electrons. The average molecular weight is 212 g/mol. The van der Waals surface area contributed by atoms with Gasteiger partial charge in [0.1, 0.15) is 5.15 Å². The van der Waals surface area contributed by atoms with Crippen LogP contribution in [-0.4, -0.2) is 21.7 Å². The third-order valence-electron chi connectivity index (χ3n) is 2.15. The molecule has 2 heterocycles. The van der Waals surface area contributed by atoms with Crippen molar-refractivity contribution in [1.82, 2.24) is 14.6 Å². The van der Waals surface area contributed by atoms with Crippen LogP contribution in [0.2, 0.25) is 5.15 Å². The first-order valence-electron chi connectivity index (χ1n) is 4.25. The molecule has 0 amide bonds. The highest BCUT2D eigenvalue weighted by molar-refractivity contribution is 6.29. The zero-order valence-corrected chi connectivity index (χ0v) is 8.69. The van der Waals surface area contributed by atoms with E-state index in [1.807, 2.05) is 13.0 Å². The van der Waals surface area contributed by atoms with E-state index in [4.69, 9.17) is 16.3 Å². The number of aromatic nitrogens is 3. The van der Waals surface area contributed by atoms with Gasteiger partial charge < -0.3 is 4.74 Å². The van der Waals surface area contributed by atoms with E-state index in [0.717, 1.165) is 11.2 Å². The number of halogens is 1. The standard InChI is InChI=1S/C9H10ClN3O/c1-6(14-2)7-3-4-11-13-5-8(10)12-9(7)13/h3-6H,1-2H3/t6-/m0/s1. The van der Waals surface area contributed by atoms with E-state index in [9.17, 15) is 0 Å². The Bertz CT molecular complexity index is 454. The second kappa shape index (κ2) is 3.55. The molecule has 2 rings (SSSR count). The van der Waals surface area contributed by atoms with Crippen molar-refractivity contribution in [3.05, 3.63) is 29.2 Å². The van der Waals surface area contributed by atoms with E-state index in [2.05, 4.69) is 10.1 Å². The summed E-state index contributed by atoms with van der Waals surface area (Å²) in [6.45, 7) is 1.96. The number of hydrogen-bond donors (Lipinski definition) is 0. The van der Waals surface area contributed by atoms with E-state index in [-0.39, 0.29) is 6.10 Å². The van der Waals surface area contributed by atoms with Gasteiger partial charge >= 0.3 is 0 Å². The number of ether oxygens (including phenoxy) is 1. The van der Waals surface area contributed by atoms with E-state index < -0.39 is 0 Å². The van der Waals surface area contributed by atoms with Crippen molar-refractivity contribution in [3.8, 4) is 0 Å². The predicted molar refractivity (Wildman–Crippen MR) is 53.4 cm³/mol. The van der Waals surface area contributed by atoms with Crippen LogP contribution in [0.4, 0.5) is 0 Å². The fraction of sp³-hybridized carbons (Fsp3) is 0.333. The van der Waals surface area contributed by atoms with Crippen molar-refractivity contribution in [2.24, 2.45) is 0 Å². The molecular weight excluding hydrogens is 202 g/mol. The summed E-state index contributed by atoms with van der Waals surface area (Å²) in [6.07, 6.45) is 3.36. The lowest BCUT2D eigenvalue weighted by molar-refractivity contribution is 0.120. The maximum absolute atomic E-state index is 5.79. The first kappa shape index (κ1) is 9.43. The minimum absolute atomic E-state index is 0.0148. The Morgan fingerprint density at radius 1 is 1.57 bits per heavy atom. The molecule has 1 atom stereocenters. The van der Waals surface area contributed by atoms with Crippen LogP contribution in [0, 0.1) is 0 Å². The summed E-state index contributed by atoms with van der Waals surface area (Å²) in [5, 5.41) is 4.53. The van der Waals surface area contributed by atoms with Crippen molar-refractivity contribution in [3.63, 3.8) is 0 Å². The van der Waals surface area contributed by atoms with E-state index in [1.54, 1.807) is 24.0 Å². The molecule has 0 fully saturated rings. The van der Waals surface area contributed by atoms with Gasteiger partial charge in [0, 0.05) is 18.9 Å². The molecule has 2 aromatic heterocycles. The molecule has 0 aliphatic rings. The Kier molecular flexibility index (Phi) is 2.39. The molecular formula is C9H10ClN3O. The summed E-state index contributed by atoms with van der Waals surface area (Å²) in [5.74, 6) is 0. The Hall–Kier alpha value is -1.13. The number of fused-ring (bicyclic) bond motifs is 1. The largest absolute Gasteiger partial charge is 0.377 e. The van der Waals surface area contributed by atoms with Gasteiger partial charge in [0.15, 0.2) is 5.65 Å². The molecule has 2 aromatic rings. The molecule has 14 heavy (non-hydrogen) atoms. The van der Waals surface area contributed by atoms with Crippen molar-refractivity contribution in [2.75, 3.05) is 7.11 Å². The monoisotopic (exact) mass is 211 g/mol. The normalized spacial score (nSPS) is 13.4. The zero-order chi connectivity index (χ0) is 10.1. The van der Waals surface area contributed by atoms with Gasteiger partial charge in [-0.15, -0.1) is 0 Å². The van der Waals surface area contributed by atoms with Crippen LogP contribution in [0.5, 0.6) is 0 Å². The molecule has 0 unspecified atom stereocenters. The highest BCUT2D eigenvalue weighted by Crippen LogP contribution is 2.20. The summed E-state index contributed by atoms with van der Waals surface area (Å²) in [7, 11) is 1.66. The lowest BCUT2D eigenvalue weighted by Crippen LogP contribution is -2.01. The fourth-order valence-electron chi connectivity index (χ4n) is 1.33. The molecule has 4 nitrogen and oxygen atoms in total. The van der Waals surface area contributed by atoms with Crippen LogP contribution in [0.15, 0.2) is 18.5 Å².